The molecule has 0 fully saturated rings. The fraction of sp³-hybridized carbons (Fsp3) is 0.300. The van der Waals surface area contributed by atoms with E-state index in [0.717, 1.165) is 15.8 Å². The second-order valence-electron chi connectivity index (χ2n) is 3.00. The zero-order valence-electron chi connectivity index (χ0n) is 8.75. The van der Waals surface area contributed by atoms with Gasteiger partial charge in [0.25, 0.3) is 0 Å². The van der Waals surface area contributed by atoms with Crippen molar-refractivity contribution in [1.29, 1.82) is 0 Å². The van der Waals surface area contributed by atoms with Crippen LogP contribution in [0.4, 0.5) is 0 Å². The number of rotatable bonds is 4. The summed E-state index contributed by atoms with van der Waals surface area (Å²) in [6.45, 7) is 0.106. The van der Waals surface area contributed by atoms with Crippen LogP contribution in [0.15, 0.2) is 23.6 Å². The highest BCUT2D eigenvalue weighted by Gasteiger charge is 2.11. The lowest BCUT2D eigenvalue weighted by Gasteiger charge is -2.08. The molecule has 2 rings (SSSR count). The number of thioether (sulfide) groups is 1. The number of aromatic nitrogens is 3. The molecule has 0 aliphatic rings. The second-order valence-corrected chi connectivity index (χ2v) is 4.10. The van der Waals surface area contributed by atoms with Crippen molar-refractivity contribution in [2.45, 2.75) is 4.90 Å². The van der Waals surface area contributed by atoms with Crippen LogP contribution in [-0.2, 0) is 0 Å². The number of aliphatic hydroxyl groups is 1. The molecule has 84 valence electrons. The Balaban J connectivity index is 2.54. The molecule has 16 heavy (non-hydrogen) atoms. The Morgan fingerprint density at radius 3 is 3.00 bits per heavy atom. The van der Waals surface area contributed by atoms with E-state index in [4.69, 9.17) is 9.84 Å². The van der Waals surface area contributed by atoms with Gasteiger partial charge in [-0.25, -0.2) is 15.0 Å². The van der Waals surface area contributed by atoms with E-state index in [1.165, 1.54) is 18.1 Å². The number of pyridine rings is 1. The fourth-order valence-corrected chi connectivity index (χ4v) is 2.20. The van der Waals surface area contributed by atoms with Crippen molar-refractivity contribution in [3.05, 3.63) is 18.7 Å². The first kappa shape index (κ1) is 11.1. The predicted molar refractivity (Wildman–Crippen MR) is 61.7 cm³/mol. The molecule has 0 saturated heterocycles. The van der Waals surface area contributed by atoms with Crippen molar-refractivity contribution in [2.75, 3.05) is 19.5 Å². The first-order valence-electron chi connectivity index (χ1n) is 4.73. The first-order valence-corrected chi connectivity index (χ1v) is 5.71. The molecule has 2 heterocycles. The monoisotopic (exact) mass is 237 g/mol. The lowest BCUT2D eigenvalue weighted by Crippen LogP contribution is -1.95. The van der Waals surface area contributed by atoms with Gasteiger partial charge in [0.2, 0.25) is 5.88 Å². The Morgan fingerprint density at radius 1 is 1.38 bits per heavy atom. The molecule has 0 amide bonds. The van der Waals surface area contributed by atoms with Crippen molar-refractivity contribution < 1.29 is 9.84 Å². The second kappa shape index (κ2) is 5.09. The van der Waals surface area contributed by atoms with Crippen LogP contribution < -0.4 is 4.74 Å². The molecular weight excluding hydrogens is 226 g/mol. The summed E-state index contributed by atoms with van der Waals surface area (Å²) >= 11 is 1.47. The van der Waals surface area contributed by atoms with Crippen LogP contribution in [0, 0.1) is 0 Å². The van der Waals surface area contributed by atoms with Gasteiger partial charge in [-0.1, -0.05) is 0 Å². The Bertz CT molecular complexity index is 492. The maximum absolute atomic E-state index is 8.85. The van der Waals surface area contributed by atoms with Gasteiger partial charge in [-0.3, -0.25) is 0 Å². The van der Waals surface area contributed by atoms with Gasteiger partial charge in [0, 0.05) is 23.5 Å². The van der Waals surface area contributed by atoms with Crippen LogP contribution >= 0.6 is 11.8 Å². The average Bonchev–Trinajstić information content (AvgIpc) is 2.35. The third-order valence-corrected chi connectivity index (χ3v) is 3.05. The fourth-order valence-electron chi connectivity index (χ4n) is 1.34. The highest BCUT2D eigenvalue weighted by atomic mass is 32.2. The van der Waals surface area contributed by atoms with Gasteiger partial charge < -0.3 is 9.84 Å². The summed E-state index contributed by atoms with van der Waals surface area (Å²) in [5, 5.41) is 9.71. The molecule has 0 spiro atoms. The molecule has 2 aromatic heterocycles. The smallest absolute Gasteiger partial charge is 0.229 e. The molecular formula is C10H11N3O2S. The van der Waals surface area contributed by atoms with Gasteiger partial charge in [-0.15, -0.1) is 11.8 Å². The zero-order valence-corrected chi connectivity index (χ0v) is 9.57. The van der Waals surface area contributed by atoms with Crippen LogP contribution in [0.5, 0.6) is 5.88 Å². The number of methoxy groups -OCH3 is 1. The number of fused-ring (bicyclic) bond motifs is 1. The lowest BCUT2D eigenvalue weighted by atomic mass is 10.3. The highest BCUT2D eigenvalue weighted by molar-refractivity contribution is 7.99. The number of hydrogen-bond donors (Lipinski definition) is 1. The molecule has 0 radical (unpaired) electrons. The summed E-state index contributed by atoms with van der Waals surface area (Å²) in [5.74, 6) is 1.12. The first-order chi connectivity index (χ1) is 7.86. The Kier molecular flexibility index (Phi) is 3.53. The van der Waals surface area contributed by atoms with Crippen molar-refractivity contribution in [3.63, 3.8) is 0 Å². The van der Waals surface area contributed by atoms with Crippen molar-refractivity contribution in [2.24, 2.45) is 0 Å². The summed E-state index contributed by atoms with van der Waals surface area (Å²) in [4.78, 5) is 13.2. The predicted octanol–water partition coefficient (Wildman–Crippen LogP) is 1.12. The van der Waals surface area contributed by atoms with Crippen molar-refractivity contribution in [3.8, 4) is 5.88 Å². The quantitative estimate of drug-likeness (QED) is 0.804. The number of nitrogens with zero attached hydrogens (tertiary/aromatic N) is 3. The topological polar surface area (TPSA) is 68.1 Å². The zero-order chi connectivity index (χ0) is 11.4. The maximum Gasteiger partial charge on any atom is 0.229 e. The molecule has 5 nitrogen and oxygen atoms in total. The molecule has 6 heteroatoms. The molecule has 0 aromatic carbocycles. The molecule has 0 unspecified atom stereocenters. The highest BCUT2D eigenvalue weighted by Crippen LogP contribution is 2.32. The van der Waals surface area contributed by atoms with Gasteiger partial charge in [0.1, 0.15) is 6.33 Å². The largest absolute Gasteiger partial charge is 0.480 e. The van der Waals surface area contributed by atoms with E-state index < -0.39 is 0 Å². The number of hydrogen-bond acceptors (Lipinski definition) is 6. The Morgan fingerprint density at radius 2 is 2.25 bits per heavy atom. The third kappa shape index (κ3) is 2.07. The lowest BCUT2D eigenvalue weighted by molar-refractivity contribution is 0.322. The van der Waals surface area contributed by atoms with E-state index in [9.17, 15) is 0 Å². The minimum atomic E-state index is 0.106. The van der Waals surface area contributed by atoms with E-state index in [-0.39, 0.29) is 6.61 Å². The maximum atomic E-state index is 8.85. The van der Waals surface area contributed by atoms with Crippen LogP contribution in [0.25, 0.3) is 10.9 Å². The van der Waals surface area contributed by atoms with E-state index in [1.54, 1.807) is 19.5 Å². The molecule has 0 aliphatic carbocycles. The summed E-state index contributed by atoms with van der Waals surface area (Å²) in [7, 11) is 1.57. The van der Waals surface area contributed by atoms with Crippen LogP contribution in [-0.4, -0.2) is 39.5 Å². The van der Waals surface area contributed by atoms with Crippen LogP contribution in [0.1, 0.15) is 0 Å². The van der Waals surface area contributed by atoms with Gasteiger partial charge in [-0.05, 0) is 0 Å². The Labute approximate surface area is 96.9 Å². The minimum absolute atomic E-state index is 0.106. The van der Waals surface area contributed by atoms with Crippen LogP contribution in [0.3, 0.4) is 0 Å². The molecule has 0 atom stereocenters. The molecule has 2 aromatic rings. The van der Waals surface area contributed by atoms with E-state index in [0.29, 0.717) is 11.6 Å². The van der Waals surface area contributed by atoms with Gasteiger partial charge >= 0.3 is 0 Å². The number of ether oxygens (including phenoxy) is 1. The third-order valence-electron chi connectivity index (χ3n) is 2.00. The van der Waals surface area contributed by atoms with Gasteiger partial charge in [-0.2, -0.15) is 0 Å². The molecule has 0 aliphatic heterocycles. The van der Waals surface area contributed by atoms with Gasteiger partial charge in [0.15, 0.2) is 0 Å². The van der Waals surface area contributed by atoms with Crippen molar-refractivity contribution >= 4 is 22.7 Å². The standard InChI is InChI=1S/C10H11N3O2S/c1-15-10-9(16-3-2-14)8-7(5-12-10)4-11-6-13-8/h4-6,14H,2-3H2,1H3. The normalized spacial score (nSPS) is 10.6. The summed E-state index contributed by atoms with van der Waals surface area (Å²) < 4.78 is 5.18. The minimum Gasteiger partial charge on any atom is -0.480 e. The van der Waals surface area contributed by atoms with Crippen molar-refractivity contribution in [1.82, 2.24) is 15.0 Å². The number of aliphatic hydroxyl groups excluding tert-OH is 1. The van der Waals surface area contributed by atoms with E-state index in [1.807, 2.05) is 0 Å². The van der Waals surface area contributed by atoms with E-state index in [2.05, 4.69) is 15.0 Å². The SMILES string of the molecule is COc1ncc2cncnc2c1SCCO. The molecule has 0 saturated carbocycles. The summed E-state index contributed by atoms with van der Waals surface area (Å²) in [6, 6.07) is 0. The summed E-state index contributed by atoms with van der Waals surface area (Å²) in [6.07, 6.45) is 4.87. The average molecular weight is 237 g/mol. The van der Waals surface area contributed by atoms with Gasteiger partial charge in [0.05, 0.1) is 24.1 Å². The Hall–Kier alpha value is -1.40. The van der Waals surface area contributed by atoms with Crippen LogP contribution in [0.2, 0.25) is 0 Å². The van der Waals surface area contributed by atoms with E-state index >= 15 is 0 Å². The molecule has 0 bridgehead atoms. The summed E-state index contributed by atoms with van der Waals surface area (Å²) in [5.41, 5.74) is 0.806. The molecule has 1 N–H and O–H groups in total.